The Morgan fingerprint density at radius 3 is 2.64 bits per heavy atom. The Kier molecular flexibility index (Phi) is 4.22. The normalized spacial score (nSPS) is 30.6. The second kappa shape index (κ2) is 5.00. The Morgan fingerprint density at radius 2 is 2.21 bits per heavy atom. The minimum Gasteiger partial charge on any atom is -0.382 e. The van der Waals surface area contributed by atoms with Crippen molar-refractivity contribution in [2.75, 3.05) is 20.3 Å². The van der Waals surface area contributed by atoms with Gasteiger partial charge in [0.05, 0.1) is 12.6 Å². The number of hydrogen-bond acceptors (Lipinski definition) is 3. The molecular weight excluding hydrogens is 192 g/mol. The third-order valence-corrected chi connectivity index (χ3v) is 2.65. The van der Waals surface area contributed by atoms with E-state index in [0.717, 1.165) is 12.8 Å². The fourth-order valence-corrected chi connectivity index (χ4v) is 1.82. The number of halogens is 2. The van der Waals surface area contributed by atoms with E-state index in [0.29, 0.717) is 13.0 Å². The first-order valence-corrected chi connectivity index (χ1v) is 4.79. The van der Waals surface area contributed by atoms with E-state index in [1.807, 2.05) is 0 Å². The standard InChI is InChI=1S/C9H17F2NO2/c1-13-6-9(7(12)8(10)11)4-2-3-5-14-9/h7-8H,2-6,12H2,1H3. The second-order valence-electron chi connectivity index (χ2n) is 3.66. The molecular formula is C9H17F2NO2. The fraction of sp³-hybridized carbons (Fsp3) is 1.00. The lowest BCUT2D eigenvalue weighted by molar-refractivity contribution is -0.151. The summed E-state index contributed by atoms with van der Waals surface area (Å²) in [6.07, 6.45) is -0.249. The molecule has 1 saturated heterocycles. The first-order chi connectivity index (χ1) is 6.62. The van der Waals surface area contributed by atoms with Crippen molar-refractivity contribution in [3.8, 4) is 0 Å². The van der Waals surface area contributed by atoms with Crippen LogP contribution in [0.2, 0.25) is 0 Å². The highest BCUT2D eigenvalue weighted by Gasteiger charge is 2.43. The van der Waals surface area contributed by atoms with Crippen molar-refractivity contribution in [2.24, 2.45) is 5.73 Å². The zero-order chi connectivity index (χ0) is 10.6. The predicted octanol–water partition coefficient (Wildman–Crippen LogP) is 1.16. The van der Waals surface area contributed by atoms with E-state index in [2.05, 4.69) is 0 Å². The molecule has 0 amide bonds. The van der Waals surface area contributed by atoms with Gasteiger partial charge in [-0.25, -0.2) is 8.78 Å². The number of nitrogens with two attached hydrogens (primary N) is 1. The molecule has 14 heavy (non-hydrogen) atoms. The van der Waals surface area contributed by atoms with Gasteiger partial charge in [-0.3, -0.25) is 0 Å². The summed E-state index contributed by atoms with van der Waals surface area (Å²) in [5, 5.41) is 0. The summed E-state index contributed by atoms with van der Waals surface area (Å²) in [5.74, 6) is 0. The maximum atomic E-state index is 12.5. The smallest absolute Gasteiger partial charge is 0.256 e. The lowest BCUT2D eigenvalue weighted by Crippen LogP contribution is -2.58. The summed E-state index contributed by atoms with van der Waals surface area (Å²) in [6, 6.07) is -1.26. The fourth-order valence-electron chi connectivity index (χ4n) is 1.82. The van der Waals surface area contributed by atoms with E-state index in [1.54, 1.807) is 0 Å². The molecule has 2 unspecified atom stereocenters. The number of hydrogen-bond donors (Lipinski definition) is 1. The zero-order valence-electron chi connectivity index (χ0n) is 8.34. The van der Waals surface area contributed by atoms with Crippen LogP contribution >= 0.6 is 0 Å². The van der Waals surface area contributed by atoms with Crippen molar-refractivity contribution in [1.82, 2.24) is 0 Å². The van der Waals surface area contributed by atoms with Gasteiger partial charge in [-0.05, 0) is 19.3 Å². The van der Waals surface area contributed by atoms with Crippen LogP contribution in [-0.4, -0.2) is 38.4 Å². The molecule has 1 rings (SSSR count). The first kappa shape index (κ1) is 11.8. The van der Waals surface area contributed by atoms with Gasteiger partial charge in [0, 0.05) is 13.7 Å². The minimum atomic E-state index is -2.57. The van der Waals surface area contributed by atoms with Crippen LogP contribution in [0.15, 0.2) is 0 Å². The van der Waals surface area contributed by atoms with Crippen molar-refractivity contribution >= 4 is 0 Å². The average molecular weight is 209 g/mol. The third kappa shape index (κ3) is 2.40. The number of methoxy groups -OCH3 is 1. The van der Waals surface area contributed by atoms with Gasteiger partial charge in [0.1, 0.15) is 5.60 Å². The van der Waals surface area contributed by atoms with Crippen LogP contribution in [-0.2, 0) is 9.47 Å². The lowest BCUT2D eigenvalue weighted by Gasteiger charge is -2.40. The Balaban J connectivity index is 2.68. The molecule has 1 aliphatic rings. The van der Waals surface area contributed by atoms with Gasteiger partial charge in [-0.15, -0.1) is 0 Å². The van der Waals surface area contributed by atoms with Gasteiger partial charge in [0.15, 0.2) is 0 Å². The summed E-state index contributed by atoms with van der Waals surface area (Å²) in [5.41, 5.74) is 4.47. The third-order valence-electron chi connectivity index (χ3n) is 2.65. The molecule has 0 spiro atoms. The van der Waals surface area contributed by atoms with Crippen molar-refractivity contribution in [3.63, 3.8) is 0 Å². The maximum Gasteiger partial charge on any atom is 0.256 e. The number of ether oxygens (including phenoxy) is 2. The SMILES string of the molecule is COCC1(C(N)C(F)F)CCCCO1. The van der Waals surface area contributed by atoms with Crippen molar-refractivity contribution in [2.45, 2.75) is 37.3 Å². The van der Waals surface area contributed by atoms with Gasteiger partial charge in [-0.1, -0.05) is 0 Å². The molecule has 0 aromatic heterocycles. The van der Waals surface area contributed by atoms with Gasteiger partial charge in [0.2, 0.25) is 0 Å². The molecule has 0 aromatic carbocycles. The molecule has 2 N–H and O–H groups in total. The quantitative estimate of drug-likeness (QED) is 0.755. The lowest BCUT2D eigenvalue weighted by atomic mass is 9.87. The van der Waals surface area contributed by atoms with E-state index in [9.17, 15) is 8.78 Å². The summed E-state index contributed by atoms with van der Waals surface area (Å²) in [6.45, 7) is 0.627. The Labute approximate surface area is 82.6 Å². The molecule has 0 aliphatic carbocycles. The van der Waals surface area contributed by atoms with E-state index < -0.39 is 18.1 Å². The van der Waals surface area contributed by atoms with Crippen LogP contribution in [0.1, 0.15) is 19.3 Å². The van der Waals surface area contributed by atoms with E-state index in [4.69, 9.17) is 15.2 Å². The largest absolute Gasteiger partial charge is 0.382 e. The van der Waals surface area contributed by atoms with Gasteiger partial charge in [-0.2, -0.15) is 0 Å². The highest BCUT2D eigenvalue weighted by molar-refractivity contribution is 4.94. The highest BCUT2D eigenvalue weighted by atomic mass is 19.3. The summed E-state index contributed by atoms with van der Waals surface area (Å²) in [7, 11) is 1.47. The van der Waals surface area contributed by atoms with Gasteiger partial charge < -0.3 is 15.2 Å². The molecule has 1 heterocycles. The van der Waals surface area contributed by atoms with Crippen LogP contribution in [0.5, 0.6) is 0 Å². The monoisotopic (exact) mass is 209 g/mol. The molecule has 2 atom stereocenters. The average Bonchev–Trinajstić information content (AvgIpc) is 2.18. The molecule has 1 aliphatic heterocycles. The minimum absolute atomic E-state index is 0.137. The number of alkyl halides is 2. The molecule has 0 aromatic rings. The molecule has 0 radical (unpaired) electrons. The van der Waals surface area contributed by atoms with Gasteiger partial charge in [0.25, 0.3) is 6.43 Å². The molecule has 0 bridgehead atoms. The maximum absolute atomic E-state index is 12.5. The summed E-state index contributed by atoms with van der Waals surface area (Å²) in [4.78, 5) is 0. The molecule has 1 fully saturated rings. The van der Waals surface area contributed by atoms with Gasteiger partial charge >= 0.3 is 0 Å². The van der Waals surface area contributed by atoms with Crippen LogP contribution in [0, 0.1) is 0 Å². The Hall–Kier alpha value is -0.260. The van der Waals surface area contributed by atoms with Crippen molar-refractivity contribution in [1.29, 1.82) is 0 Å². The van der Waals surface area contributed by atoms with Crippen LogP contribution in [0.4, 0.5) is 8.78 Å². The second-order valence-corrected chi connectivity index (χ2v) is 3.66. The summed E-state index contributed by atoms with van der Waals surface area (Å²) >= 11 is 0. The van der Waals surface area contributed by atoms with E-state index in [-0.39, 0.29) is 6.61 Å². The van der Waals surface area contributed by atoms with Crippen molar-refractivity contribution < 1.29 is 18.3 Å². The Bertz CT molecular complexity index is 167. The van der Waals surface area contributed by atoms with Crippen molar-refractivity contribution in [3.05, 3.63) is 0 Å². The van der Waals surface area contributed by atoms with Crippen LogP contribution < -0.4 is 5.73 Å². The summed E-state index contributed by atoms with van der Waals surface area (Å²) < 4.78 is 35.4. The molecule has 84 valence electrons. The molecule has 3 nitrogen and oxygen atoms in total. The highest BCUT2D eigenvalue weighted by Crippen LogP contribution is 2.30. The Morgan fingerprint density at radius 1 is 1.50 bits per heavy atom. The topological polar surface area (TPSA) is 44.5 Å². The van der Waals surface area contributed by atoms with Crippen LogP contribution in [0.25, 0.3) is 0 Å². The van der Waals surface area contributed by atoms with E-state index in [1.165, 1.54) is 7.11 Å². The van der Waals surface area contributed by atoms with E-state index >= 15 is 0 Å². The number of rotatable bonds is 4. The molecule has 0 saturated carbocycles. The zero-order valence-corrected chi connectivity index (χ0v) is 8.34. The first-order valence-electron chi connectivity index (χ1n) is 4.79. The van der Waals surface area contributed by atoms with Crippen LogP contribution in [0.3, 0.4) is 0 Å². The molecule has 5 heteroatoms. The predicted molar refractivity (Wildman–Crippen MR) is 48.4 cm³/mol.